The summed E-state index contributed by atoms with van der Waals surface area (Å²) in [6.45, 7) is 6.73. The van der Waals surface area contributed by atoms with Crippen LogP contribution in [0.5, 0.6) is 0 Å². The van der Waals surface area contributed by atoms with Gasteiger partial charge in [0.2, 0.25) is 0 Å². The Morgan fingerprint density at radius 2 is 2.18 bits per heavy atom. The third-order valence-corrected chi connectivity index (χ3v) is 5.34. The van der Waals surface area contributed by atoms with Crippen LogP contribution in [0.3, 0.4) is 0 Å². The zero-order valence-corrected chi connectivity index (χ0v) is 12.2. The Kier molecular flexibility index (Phi) is 5.19. The molecule has 0 aromatic carbocycles. The fourth-order valence-corrected chi connectivity index (χ4v) is 4.36. The fourth-order valence-electron chi connectivity index (χ4n) is 3.12. The second-order valence-electron chi connectivity index (χ2n) is 5.64. The Labute approximate surface area is 110 Å². The molecule has 2 rings (SSSR count). The minimum Gasteiger partial charge on any atom is -0.375 e. The first kappa shape index (κ1) is 13.7. The molecule has 1 N–H and O–H groups in total. The van der Waals surface area contributed by atoms with Crippen molar-refractivity contribution in [1.82, 2.24) is 5.32 Å². The molecule has 2 nitrogen and oxygen atoms in total. The van der Waals surface area contributed by atoms with Crippen molar-refractivity contribution in [2.45, 2.75) is 57.6 Å². The molecule has 0 amide bonds. The van der Waals surface area contributed by atoms with Crippen molar-refractivity contribution in [3.63, 3.8) is 0 Å². The molecule has 100 valence electrons. The smallest absolute Gasteiger partial charge is 0.0701 e. The molecular formula is C14H27NOS. The first-order chi connectivity index (χ1) is 8.26. The molecule has 2 fully saturated rings. The highest BCUT2D eigenvalue weighted by Crippen LogP contribution is 2.40. The number of hydrogen-bond donors (Lipinski definition) is 1. The summed E-state index contributed by atoms with van der Waals surface area (Å²) >= 11 is 2.09. The summed E-state index contributed by atoms with van der Waals surface area (Å²) in [5.41, 5.74) is 0.246. The van der Waals surface area contributed by atoms with Crippen LogP contribution in [0.25, 0.3) is 0 Å². The Morgan fingerprint density at radius 1 is 1.41 bits per heavy atom. The van der Waals surface area contributed by atoms with Crippen LogP contribution in [-0.2, 0) is 4.74 Å². The second kappa shape index (κ2) is 6.44. The van der Waals surface area contributed by atoms with Gasteiger partial charge in [-0.1, -0.05) is 6.92 Å². The maximum atomic E-state index is 6.15. The molecule has 17 heavy (non-hydrogen) atoms. The van der Waals surface area contributed by atoms with Gasteiger partial charge in [-0.15, -0.1) is 0 Å². The Balaban J connectivity index is 1.87. The van der Waals surface area contributed by atoms with Gasteiger partial charge in [-0.05, 0) is 63.0 Å². The van der Waals surface area contributed by atoms with Crippen LogP contribution in [0.1, 0.15) is 46.0 Å². The molecule has 0 radical (unpaired) electrons. The lowest BCUT2D eigenvalue weighted by atomic mass is 9.79. The summed E-state index contributed by atoms with van der Waals surface area (Å²) in [4.78, 5) is 0. The standard InChI is InChI=1S/C14H27NOS/c1-3-7-15-12(2)13-4-8-16-14(11-13)5-9-17-10-6-14/h12-13,15H,3-11H2,1-2H3. The molecule has 2 unspecified atom stereocenters. The van der Waals surface area contributed by atoms with E-state index in [1.165, 1.54) is 43.6 Å². The Bertz CT molecular complexity index is 223. The minimum absolute atomic E-state index is 0.246. The van der Waals surface area contributed by atoms with Crippen molar-refractivity contribution in [2.75, 3.05) is 24.7 Å². The maximum Gasteiger partial charge on any atom is 0.0701 e. The van der Waals surface area contributed by atoms with Gasteiger partial charge >= 0.3 is 0 Å². The highest BCUT2D eigenvalue weighted by Gasteiger charge is 2.39. The van der Waals surface area contributed by atoms with Gasteiger partial charge in [0.25, 0.3) is 0 Å². The molecule has 0 saturated carbocycles. The quantitative estimate of drug-likeness (QED) is 0.836. The van der Waals surface area contributed by atoms with Gasteiger partial charge in [0.05, 0.1) is 5.60 Å². The maximum absolute atomic E-state index is 6.15. The van der Waals surface area contributed by atoms with E-state index in [2.05, 4.69) is 30.9 Å². The van der Waals surface area contributed by atoms with E-state index in [1.54, 1.807) is 0 Å². The van der Waals surface area contributed by atoms with E-state index >= 15 is 0 Å². The monoisotopic (exact) mass is 257 g/mol. The first-order valence-electron chi connectivity index (χ1n) is 7.21. The van der Waals surface area contributed by atoms with Crippen LogP contribution in [-0.4, -0.2) is 36.3 Å². The molecule has 0 aromatic heterocycles. The van der Waals surface area contributed by atoms with Gasteiger partial charge in [-0.3, -0.25) is 0 Å². The largest absolute Gasteiger partial charge is 0.375 e. The number of nitrogens with one attached hydrogen (secondary N) is 1. The summed E-state index contributed by atoms with van der Waals surface area (Å²) < 4.78 is 6.15. The molecule has 2 aliphatic heterocycles. The third-order valence-electron chi connectivity index (χ3n) is 4.36. The Morgan fingerprint density at radius 3 is 2.88 bits per heavy atom. The Hall–Kier alpha value is 0.270. The van der Waals surface area contributed by atoms with Gasteiger partial charge in [-0.25, -0.2) is 0 Å². The summed E-state index contributed by atoms with van der Waals surface area (Å²) in [6, 6.07) is 0.658. The van der Waals surface area contributed by atoms with Crippen LogP contribution >= 0.6 is 11.8 Å². The molecule has 1 spiro atoms. The summed E-state index contributed by atoms with van der Waals surface area (Å²) in [5.74, 6) is 3.41. The molecule has 2 atom stereocenters. The van der Waals surface area contributed by atoms with Crippen molar-refractivity contribution in [3.8, 4) is 0 Å². The summed E-state index contributed by atoms with van der Waals surface area (Å²) in [5, 5.41) is 3.66. The van der Waals surface area contributed by atoms with Crippen molar-refractivity contribution >= 4 is 11.8 Å². The normalized spacial score (nSPS) is 30.4. The highest BCUT2D eigenvalue weighted by atomic mass is 32.2. The predicted molar refractivity (Wildman–Crippen MR) is 75.7 cm³/mol. The van der Waals surface area contributed by atoms with Crippen LogP contribution in [0.2, 0.25) is 0 Å². The number of rotatable bonds is 4. The van der Waals surface area contributed by atoms with E-state index in [-0.39, 0.29) is 5.60 Å². The van der Waals surface area contributed by atoms with E-state index in [9.17, 15) is 0 Å². The summed E-state index contributed by atoms with van der Waals surface area (Å²) in [6.07, 6.45) is 6.30. The van der Waals surface area contributed by atoms with Crippen LogP contribution in [0.15, 0.2) is 0 Å². The highest BCUT2D eigenvalue weighted by molar-refractivity contribution is 7.99. The average molecular weight is 257 g/mol. The van der Waals surface area contributed by atoms with Crippen LogP contribution in [0, 0.1) is 5.92 Å². The van der Waals surface area contributed by atoms with E-state index in [1.807, 2.05) is 0 Å². The lowest BCUT2D eigenvalue weighted by molar-refractivity contribution is -0.106. The van der Waals surface area contributed by atoms with Crippen LogP contribution in [0.4, 0.5) is 0 Å². The predicted octanol–water partition coefficient (Wildman–Crippen LogP) is 3.07. The SMILES string of the molecule is CCCNC(C)C1CCOC2(CCSCC2)C1. The number of ether oxygens (including phenoxy) is 1. The molecule has 3 heteroatoms. The zero-order valence-electron chi connectivity index (χ0n) is 11.3. The van der Waals surface area contributed by atoms with E-state index in [0.717, 1.165) is 19.1 Å². The molecule has 0 aromatic rings. The molecule has 2 saturated heterocycles. The molecular weight excluding hydrogens is 230 g/mol. The number of thioether (sulfide) groups is 1. The van der Waals surface area contributed by atoms with Gasteiger partial charge in [0, 0.05) is 12.6 Å². The fraction of sp³-hybridized carbons (Fsp3) is 1.00. The van der Waals surface area contributed by atoms with Crippen molar-refractivity contribution in [2.24, 2.45) is 5.92 Å². The molecule has 2 heterocycles. The van der Waals surface area contributed by atoms with Crippen molar-refractivity contribution < 1.29 is 4.74 Å². The van der Waals surface area contributed by atoms with Gasteiger partial charge in [-0.2, -0.15) is 11.8 Å². The van der Waals surface area contributed by atoms with Gasteiger partial charge in [0.15, 0.2) is 0 Å². The lowest BCUT2D eigenvalue weighted by Crippen LogP contribution is -2.47. The van der Waals surface area contributed by atoms with Crippen molar-refractivity contribution in [1.29, 1.82) is 0 Å². The minimum atomic E-state index is 0.246. The van der Waals surface area contributed by atoms with Gasteiger partial charge in [0.1, 0.15) is 0 Å². The van der Waals surface area contributed by atoms with Crippen molar-refractivity contribution in [3.05, 3.63) is 0 Å². The third kappa shape index (κ3) is 3.62. The van der Waals surface area contributed by atoms with Gasteiger partial charge < -0.3 is 10.1 Å². The zero-order chi connectivity index (χ0) is 12.1. The second-order valence-corrected chi connectivity index (χ2v) is 6.86. The van der Waals surface area contributed by atoms with E-state index < -0.39 is 0 Å². The average Bonchev–Trinajstić information content (AvgIpc) is 2.37. The lowest BCUT2D eigenvalue weighted by Gasteiger charge is -2.45. The molecule has 0 aliphatic carbocycles. The molecule has 2 aliphatic rings. The van der Waals surface area contributed by atoms with E-state index in [4.69, 9.17) is 4.74 Å². The summed E-state index contributed by atoms with van der Waals surface area (Å²) in [7, 11) is 0. The topological polar surface area (TPSA) is 21.3 Å². The van der Waals surface area contributed by atoms with Crippen LogP contribution < -0.4 is 5.32 Å². The number of hydrogen-bond acceptors (Lipinski definition) is 3. The molecule has 0 bridgehead atoms. The van der Waals surface area contributed by atoms with E-state index in [0.29, 0.717) is 6.04 Å². The first-order valence-corrected chi connectivity index (χ1v) is 8.36.